The summed E-state index contributed by atoms with van der Waals surface area (Å²) in [4.78, 5) is 0. The van der Waals surface area contributed by atoms with Gasteiger partial charge in [-0.25, -0.2) is 0 Å². The number of rotatable bonds is 5. The van der Waals surface area contributed by atoms with Crippen LogP contribution in [0.1, 0.15) is 50.3 Å². The van der Waals surface area contributed by atoms with Crippen molar-refractivity contribution >= 4 is 0 Å². The second-order valence-electron chi connectivity index (χ2n) is 5.03. The third-order valence-corrected chi connectivity index (χ3v) is 3.59. The van der Waals surface area contributed by atoms with E-state index in [2.05, 4.69) is 38.1 Å². The monoisotopic (exact) mass is 248 g/mol. The molecule has 100 valence electrons. The Morgan fingerprint density at radius 3 is 2.39 bits per heavy atom. The van der Waals surface area contributed by atoms with Gasteiger partial charge >= 0.3 is 0 Å². The Kier molecular flexibility index (Phi) is 5.21. The van der Waals surface area contributed by atoms with Crippen molar-refractivity contribution in [2.24, 2.45) is 0 Å². The minimum atomic E-state index is 0.119. The van der Waals surface area contributed by atoms with Crippen LogP contribution in [0.2, 0.25) is 0 Å². The summed E-state index contributed by atoms with van der Waals surface area (Å²) in [5.74, 6) is 0. The summed E-state index contributed by atoms with van der Waals surface area (Å²) in [6, 6.07) is 8.82. The molecule has 0 N–H and O–H groups in total. The zero-order chi connectivity index (χ0) is 12.8. The highest BCUT2D eigenvalue weighted by molar-refractivity contribution is 5.24. The Labute approximate surface area is 110 Å². The molecule has 0 unspecified atom stereocenters. The summed E-state index contributed by atoms with van der Waals surface area (Å²) in [6.07, 6.45) is 5.12. The quantitative estimate of drug-likeness (QED) is 0.787. The summed E-state index contributed by atoms with van der Waals surface area (Å²) in [7, 11) is 0. The van der Waals surface area contributed by atoms with Crippen LogP contribution >= 0.6 is 0 Å². The lowest BCUT2D eigenvalue weighted by Crippen LogP contribution is -2.30. The molecule has 0 aliphatic carbocycles. The molecule has 2 atom stereocenters. The summed E-state index contributed by atoms with van der Waals surface area (Å²) < 4.78 is 11.6. The van der Waals surface area contributed by atoms with Gasteiger partial charge in [0.2, 0.25) is 0 Å². The Morgan fingerprint density at radius 1 is 1.06 bits per heavy atom. The summed E-state index contributed by atoms with van der Waals surface area (Å²) in [5, 5.41) is 0. The van der Waals surface area contributed by atoms with E-state index in [1.165, 1.54) is 30.4 Å². The van der Waals surface area contributed by atoms with E-state index in [0.29, 0.717) is 6.61 Å². The maximum atomic E-state index is 5.86. The van der Waals surface area contributed by atoms with Gasteiger partial charge in [0.25, 0.3) is 0 Å². The average molecular weight is 248 g/mol. The van der Waals surface area contributed by atoms with Crippen molar-refractivity contribution in [2.75, 3.05) is 13.2 Å². The van der Waals surface area contributed by atoms with Gasteiger partial charge in [-0.2, -0.15) is 0 Å². The van der Waals surface area contributed by atoms with Gasteiger partial charge in [0.05, 0.1) is 19.3 Å². The van der Waals surface area contributed by atoms with E-state index in [4.69, 9.17) is 9.47 Å². The van der Waals surface area contributed by atoms with Crippen LogP contribution in [-0.2, 0) is 15.9 Å². The highest BCUT2D eigenvalue weighted by Crippen LogP contribution is 2.24. The molecule has 1 aromatic carbocycles. The molecular weight excluding hydrogens is 224 g/mol. The normalized spacial score (nSPS) is 24.1. The van der Waals surface area contributed by atoms with E-state index in [1.807, 2.05) is 0 Å². The van der Waals surface area contributed by atoms with E-state index in [0.717, 1.165) is 13.0 Å². The van der Waals surface area contributed by atoms with Gasteiger partial charge in [-0.3, -0.25) is 0 Å². The number of ether oxygens (including phenoxy) is 2. The fraction of sp³-hybridized carbons (Fsp3) is 0.625. The molecule has 1 fully saturated rings. The SMILES string of the molecule is CCCCc1ccc([C@H]2CO[C@H](CC)CO2)cc1. The van der Waals surface area contributed by atoms with Crippen molar-refractivity contribution in [2.45, 2.75) is 51.7 Å². The summed E-state index contributed by atoms with van der Waals surface area (Å²) in [6.45, 7) is 5.77. The van der Waals surface area contributed by atoms with Crippen LogP contribution in [0, 0.1) is 0 Å². The number of unbranched alkanes of at least 4 members (excludes halogenated alkanes) is 1. The lowest BCUT2D eigenvalue weighted by atomic mass is 10.0. The first-order valence-corrected chi connectivity index (χ1v) is 7.15. The van der Waals surface area contributed by atoms with Crippen molar-refractivity contribution in [3.63, 3.8) is 0 Å². The first-order valence-electron chi connectivity index (χ1n) is 7.15. The Hall–Kier alpha value is -0.860. The second kappa shape index (κ2) is 6.91. The molecule has 18 heavy (non-hydrogen) atoms. The second-order valence-corrected chi connectivity index (χ2v) is 5.03. The molecule has 1 aliphatic rings. The van der Waals surface area contributed by atoms with E-state index in [-0.39, 0.29) is 12.2 Å². The van der Waals surface area contributed by atoms with Crippen LogP contribution in [0.4, 0.5) is 0 Å². The Morgan fingerprint density at radius 2 is 1.83 bits per heavy atom. The first kappa shape index (κ1) is 13.6. The predicted molar refractivity (Wildman–Crippen MR) is 73.8 cm³/mol. The molecule has 2 nitrogen and oxygen atoms in total. The fourth-order valence-electron chi connectivity index (χ4n) is 2.25. The Balaban J connectivity index is 1.89. The maximum Gasteiger partial charge on any atom is 0.106 e. The topological polar surface area (TPSA) is 18.5 Å². The van der Waals surface area contributed by atoms with Crippen LogP contribution < -0.4 is 0 Å². The van der Waals surface area contributed by atoms with Gasteiger partial charge in [-0.1, -0.05) is 44.5 Å². The molecule has 0 saturated carbocycles. The minimum absolute atomic E-state index is 0.119. The van der Waals surface area contributed by atoms with Gasteiger partial charge in [-0.15, -0.1) is 0 Å². The number of hydrogen-bond acceptors (Lipinski definition) is 2. The van der Waals surface area contributed by atoms with Gasteiger partial charge in [0.15, 0.2) is 0 Å². The van der Waals surface area contributed by atoms with Crippen molar-refractivity contribution < 1.29 is 9.47 Å². The van der Waals surface area contributed by atoms with Gasteiger partial charge in [0, 0.05) is 0 Å². The predicted octanol–water partition coefficient (Wildman–Crippen LogP) is 3.90. The average Bonchev–Trinajstić information content (AvgIpc) is 2.46. The van der Waals surface area contributed by atoms with Crippen LogP contribution in [0.3, 0.4) is 0 Å². The van der Waals surface area contributed by atoms with Crippen molar-refractivity contribution in [1.82, 2.24) is 0 Å². The van der Waals surface area contributed by atoms with E-state index in [1.54, 1.807) is 0 Å². The summed E-state index contributed by atoms with van der Waals surface area (Å²) >= 11 is 0. The third kappa shape index (κ3) is 3.56. The third-order valence-electron chi connectivity index (χ3n) is 3.59. The van der Waals surface area contributed by atoms with Crippen molar-refractivity contribution in [3.05, 3.63) is 35.4 Å². The molecule has 0 aromatic heterocycles. The van der Waals surface area contributed by atoms with Crippen molar-refractivity contribution in [1.29, 1.82) is 0 Å². The zero-order valence-electron chi connectivity index (χ0n) is 11.5. The Bertz CT molecular complexity index is 337. The first-order chi connectivity index (χ1) is 8.83. The van der Waals surface area contributed by atoms with Gasteiger partial charge in [0.1, 0.15) is 6.10 Å². The van der Waals surface area contributed by atoms with Crippen LogP contribution in [0.25, 0.3) is 0 Å². The molecule has 0 bridgehead atoms. The molecule has 0 radical (unpaired) electrons. The number of benzene rings is 1. The van der Waals surface area contributed by atoms with Crippen LogP contribution in [0.15, 0.2) is 24.3 Å². The van der Waals surface area contributed by atoms with E-state index >= 15 is 0 Å². The highest BCUT2D eigenvalue weighted by atomic mass is 16.6. The maximum absolute atomic E-state index is 5.86. The number of aryl methyl sites for hydroxylation is 1. The zero-order valence-corrected chi connectivity index (χ0v) is 11.5. The lowest BCUT2D eigenvalue weighted by molar-refractivity contribution is -0.135. The minimum Gasteiger partial charge on any atom is -0.373 e. The molecule has 1 heterocycles. The molecule has 1 aromatic rings. The van der Waals surface area contributed by atoms with Crippen LogP contribution in [0.5, 0.6) is 0 Å². The molecular formula is C16H24O2. The smallest absolute Gasteiger partial charge is 0.106 e. The van der Waals surface area contributed by atoms with E-state index in [9.17, 15) is 0 Å². The fourth-order valence-corrected chi connectivity index (χ4v) is 2.25. The largest absolute Gasteiger partial charge is 0.373 e. The van der Waals surface area contributed by atoms with Crippen molar-refractivity contribution in [3.8, 4) is 0 Å². The summed E-state index contributed by atoms with van der Waals surface area (Å²) in [5.41, 5.74) is 2.66. The molecule has 1 aliphatic heterocycles. The molecule has 0 amide bonds. The lowest BCUT2D eigenvalue weighted by Gasteiger charge is -2.29. The standard InChI is InChI=1S/C16H24O2/c1-3-5-6-13-7-9-14(10-8-13)16-12-17-15(4-2)11-18-16/h7-10,15-16H,3-6,11-12H2,1-2H3/t15-,16-/m1/s1. The van der Waals surface area contributed by atoms with E-state index < -0.39 is 0 Å². The number of hydrogen-bond donors (Lipinski definition) is 0. The highest BCUT2D eigenvalue weighted by Gasteiger charge is 2.22. The van der Waals surface area contributed by atoms with Gasteiger partial charge in [-0.05, 0) is 30.4 Å². The van der Waals surface area contributed by atoms with Gasteiger partial charge < -0.3 is 9.47 Å². The molecule has 0 spiro atoms. The molecule has 2 heteroatoms. The van der Waals surface area contributed by atoms with Crippen LogP contribution in [-0.4, -0.2) is 19.3 Å². The molecule has 1 saturated heterocycles. The molecule has 2 rings (SSSR count).